The van der Waals surface area contributed by atoms with Gasteiger partial charge in [-0.2, -0.15) is 0 Å². The highest BCUT2D eigenvalue weighted by molar-refractivity contribution is 5.92. The molecule has 0 aliphatic heterocycles. The molecule has 3 N–H and O–H groups in total. The van der Waals surface area contributed by atoms with Gasteiger partial charge in [0.05, 0.1) is 5.56 Å². The van der Waals surface area contributed by atoms with E-state index in [0.29, 0.717) is 11.4 Å². The zero-order valence-electron chi connectivity index (χ0n) is 10.5. The predicted molar refractivity (Wildman–Crippen MR) is 67.5 cm³/mol. The number of rotatable bonds is 6. The van der Waals surface area contributed by atoms with Crippen LogP contribution in [-0.4, -0.2) is 34.6 Å². The highest BCUT2D eigenvalue weighted by Crippen LogP contribution is 2.16. The summed E-state index contributed by atoms with van der Waals surface area (Å²) in [6.07, 6.45) is 2.15. The number of nitrogens with two attached hydrogens (primary N) is 1. The van der Waals surface area contributed by atoms with Crippen LogP contribution in [0.15, 0.2) is 18.3 Å². The summed E-state index contributed by atoms with van der Waals surface area (Å²) >= 11 is 0. The van der Waals surface area contributed by atoms with Gasteiger partial charge >= 0.3 is 5.97 Å². The Morgan fingerprint density at radius 2 is 2.17 bits per heavy atom. The molecule has 0 bridgehead atoms. The molecule has 98 valence electrons. The van der Waals surface area contributed by atoms with E-state index in [2.05, 4.69) is 4.98 Å². The molecule has 1 aromatic heterocycles. The Kier molecular flexibility index (Phi) is 4.65. The average Bonchev–Trinajstić information content (AvgIpc) is 2.35. The molecule has 0 saturated carbocycles. The third-order valence-electron chi connectivity index (χ3n) is 2.76. The molecule has 18 heavy (non-hydrogen) atoms. The Balaban J connectivity index is 2.97. The van der Waals surface area contributed by atoms with Gasteiger partial charge in [-0.05, 0) is 25.5 Å². The van der Waals surface area contributed by atoms with Crippen molar-refractivity contribution in [3.05, 3.63) is 23.9 Å². The summed E-state index contributed by atoms with van der Waals surface area (Å²) in [4.78, 5) is 27.5. The summed E-state index contributed by atoms with van der Waals surface area (Å²) in [5.41, 5.74) is 5.42. The Labute approximate surface area is 105 Å². The highest BCUT2D eigenvalue weighted by Gasteiger charge is 2.17. The zero-order chi connectivity index (χ0) is 13.7. The van der Waals surface area contributed by atoms with E-state index >= 15 is 0 Å². The van der Waals surface area contributed by atoms with E-state index in [1.54, 1.807) is 17.0 Å². The van der Waals surface area contributed by atoms with Gasteiger partial charge in [-0.3, -0.25) is 9.59 Å². The SMILES string of the molecule is CCC(C)N(CC(=O)O)c1ccc(C(N)=O)cn1. The van der Waals surface area contributed by atoms with E-state index in [0.717, 1.165) is 6.42 Å². The van der Waals surface area contributed by atoms with Crippen LogP contribution in [0.25, 0.3) is 0 Å². The maximum Gasteiger partial charge on any atom is 0.323 e. The van der Waals surface area contributed by atoms with Crippen LogP contribution >= 0.6 is 0 Å². The molecule has 1 heterocycles. The van der Waals surface area contributed by atoms with Crippen LogP contribution in [0.3, 0.4) is 0 Å². The topological polar surface area (TPSA) is 96.5 Å². The Bertz CT molecular complexity index is 431. The lowest BCUT2D eigenvalue weighted by Gasteiger charge is -2.27. The van der Waals surface area contributed by atoms with E-state index in [1.807, 2.05) is 13.8 Å². The van der Waals surface area contributed by atoms with E-state index in [-0.39, 0.29) is 12.6 Å². The number of aliphatic carboxylic acids is 1. The molecule has 1 rings (SSSR count). The molecule has 0 aliphatic carbocycles. The van der Waals surface area contributed by atoms with Crippen molar-refractivity contribution in [3.8, 4) is 0 Å². The molecule has 0 saturated heterocycles. The quantitative estimate of drug-likeness (QED) is 0.782. The molecular weight excluding hydrogens is 234 g/mol. The zero-order valence-corrected chi connectivity index (χ0v) is 10.5. The number of hydrogen-bond acceptors (Lipinski definition) is 4. The number of carbonyl (C=O) groups is 2. The van der Waals surface area contributed by atoms with Gasteiger partial charge in [-0.1, -0.05) is 6.92 Å². The molecular formula is C12H17N3O3. The highest BCUT2D eigenvalue weighted by atomic mass is 16.4. The maximum atomic E-state index is 10.9. The summed E-state index contributed by atoms with van der Waals surface area (Å²) in [5.74, 6) is -0.949. The molecule has 1 atom stereocenters. The molecule has 1 unspecified atom stereocenters. The van der Waals surface area contributed by atoms with Gasteiger partial charge in [0, 0.05) is 12.2 Å². The molecule has 6 heteroatoms. The monoisotopic (exact) mass is 251 g/mol. The van der Waals surface area contributed by atoms with Crippen molar-refractivity contribution < 1.29 is 14.7 Å². The minimum atomic E-state index is -0.920. The molecule has 1 aromatic rings. The molecule has 0 spiro atoms. The standard InChI is InChI=1S/C12H17N3O3/c1-3-8(2)15(7-11(16)17)10-5-4-9(6-14-10)12(13)18/h4-6,8H,3,7H2,1-2H3,(H2,13,18)(H,16,17). The fourth-order valence-corrected chi connectivity index (χ4v) is 1.53. The molecule has 6 nitrogen and oxygen atoms in total. The average molecular weight is 251 g/mol. The lowest BCUT2D eigenvalue weighted by atomic mass is 10.2. The van der Waals surface area contributed by atoms with Crippen LogP contribution < -0.4 is 10.6 Å². The van der Waals surface area contributed by atoms with Crippen molar-refractivity contribution in [2.24, 2.45) is 5.73 Å². The number of aromatic nitrogens is 1. The number of amides is 1. The molecule has 0 radical (unpaired) electrons. The third-order valence-corrected chi connectivity index (χ3v) is 2.76. The first kappa shape index (κ1) is 14.0. The Morgan fingerprint density at radius 1 is 1.50 bits per heavy atom. The Hall–Kier alpha value is -2.11. The predicted octanol–water partition coefficient (Wildman–Crippen LogP) is 0.870. The van der Waals surface area contributed by atoms with Gasteiger partial charge in [0.2, 0.25) is 5.91 Å². The summed E-state index contributed by atoms with van der Waals surface area (Å²) in [5, 5.41) is 8.89. The normalized spacial score (nSPS) is 11.9. The lowest BCUT2D eigenvalue weighted by molar-refractivity contribution is -0.135. The fraction of sp³-hybridized carbons (Fsp3) is 0.417. The second-order valence-corrected chi connectivity index (χ2v) is 4.05. The van der Waals surface area contributed by atoms with E-state index in [1.165, 1.54) is 6.20 Å². The molecule has 0 aromatic carbocycles. The first-order valence-electron chi connectivity index (χ1n) is 5.70. The lowest BCUT2D eigenvalue weighted by Crippen LogP contribution is -2.37. The largest absolute Gasteiger partial charge is 0.480 e. The van der Waals surface area contributed by atoms with Crippen LogP contribution in [0.2, 0.25) is 0 Å². The summed E-state index contributed by atoms with van der Waals surface area (Å²) in [7, 11) is 0. The maximum absolute atomic E-state index is 10.9. The van der Waals surface area contributed by atoms with Crippen molar-refractivity contribution in [3.63, 3.8) is 0 Å². The van der Waals surface area contributed by atoms with Gasteiger partial charge in [-0.15, -0.1) is 0 Å². The summed E-state index contributed by atoms with van der Waals surface area (Å²) in [6.45, 7) is 3.77. The molecule has 0 fully saturated rings. The third kappa shape index (κ3) is 3.44. The minimum absolute atomic E-state index is 0.0491. The number of pyridine rings is 1. The minimum Gasteiger partial charge on any atom is -0.480 e. The molecule has 1 amide bonds. The second-order valence-electron chi connectivity index (χ2n) is 4.05. The van der Waals surface area contributed by atoms with E-state index in [4.69, 9.17) is 10.8 Å². The number of carboxylic acid groups (broad SMARTS) is 1. The van der Waals surface area contributed by atoms with Crippen LogP contribution in [0.5, 0.6) is 0 Å². The van der Waals surface area contributed by atoms with Gasteiger partial charge in [0.15, 0.2) is 0 Å². The first-order valence-corrected chi connectivity index (χ1v) is 5.70. The molecule has 0 aliphatic rings. The smallest absolute Gasteiger partial charge is 0.323 e. The number of anilines is 1. The number of primary amides is 1. The first-order chi connectivity index (χ1) is 8.45. The van der Waals surface area contributed by atoms with Crippen molar-refractivity contribution in [2.45, 2.75) is 26.3 Å². The van der Waals surface area contributed by atoms with Gasteiger partial charge in [0.1, 0.15) is 12.4 Å². The van der Waals surface area contributed by atoms with Crippen molar-refractivity contribution >= 4 is 17.7 Å². The van der Waals surface area contributed by atoms with E-state index in [9.17, 15) is 9.59 Å². The fourth-order valence-electron chi connectivity index (χ4n) is 1.53. The van der Waals surface area contributed by atoms with Crippen LogP contribution in [0.4, 0.5) is 5.82 Å². The summed E-state index contributed by atoms with van der Waals surface area (Å²) < 4.78 is 0. The van der Waals surface area contributed by atoms with Crippen LogP contribution in [0.1, 0.15) is 30.6 Å². The van der Waals surface area contributed by atoms with Gasteiger partial charge in [0.25, 0.3) is 0 Å². The number of nitrogens with zero attached hydrogens (tertiary/aromatic N) is 2. The Morgan fingerprint density at radius 3 is 2.56 bits per heavy atom. The van der Waals surface area contributed by atoms with Gasteiger partial charge < -0.3 is 15.7 Å². The number of carbonyl (C=O) groups excluding carboxylic acids is 1. The van der Waals surface area contributed by atoms with Crippen molar-refractivity contribution in [1.29, 1.82) is 0 Å². The van der Waals surface area contributed by atoms with Crippen LogP contribution in [0, 0.1) is 0 Å². The van der Waals surface area contributed by atoms with Gasteiger partial charge in [-0.25, -0.2) is 4.98 Å². The van der Waals surface area contributed by atoms with Crippen molar-refractivity contribution in [2.75, 3.05) is 11.4 Å². The number of carboxylic acids is 1. The second kappa shape index (κ2) is 6.00. The number of hydrogen-bond donors (Lipinski definition) is 2. The van der Waals surface area contributed by atoms with Crippen LogP contribution in [-0.2, 0) is 4.79 Å². The van der Waals surface area contributed by atoms with E-state index < -0.39 is 11.9 Å². The summed E-state index contributed by atoms with van der Waals surface area (Å²) in [6, 6.07) is 3.20. The van der Waals surface area contributed by atoms with Crippen molar-refractivity contribution in [1.82, 2.24) is 4.98 Å².